The lowest BCUT2D eigenvalue weighted by molar-refractivity contribution is -0.152. The van der Waals surface area contributed by atoms with E-state index in [-0.39, 0.29) is 23.7 Å². The van der Waals surface area contributed by atoms with Crippen molar-refractivity contribution < 1.29 is 14.7 Å². The molecule has 1 unspecified atom stereocenters. The summed E-state index contributed by atoms with van der Waals surface area (Å²) in [4.78, 5) is 42.4. The van der Waals surface area contributed by atoms with Crippen molar-refractivity contribution in [2.45, 2.75) is 26.2 Å². The average Bonchev–Trinajstić information content (AvgIpc) is 2.47. The number of hydrogen-bond acceptors (Lipinski definition) is 4. The second kappa shape index (κ2) is 5.44. The monoisotopic (exact) mass is 279 g/mol. The number of aromatic amines is 1. The number of carbonyl (C=O) groups is 2. The van der Waals surface area contributed by atoms with Crippen molar-refractivity contribution in [1.29, 1.82) is 0 Å². The van der Waals surface area contributed by atoms with E-state index in [1.807, 2.05) is 6.92 Å². The van der Waals surface area contributed by atoms with Crippen LogP contribution in [-0.4, -0.2) is 44.9 Å². The van der Waals surface area contributed by atoms with Gasteiger partial charge >= 0.3 is 5.97 Å². The van der Waals surface area contributed by atoms with Gasteiger partial charge in [0.2, 0.25) is 0 Å². The Morgan fingerprint density at radius 2 is 2.30 bits per heavy atom. The third kappa shape index (κ3) is 2.56. The molecule has 1 saturated heterocycles. The zero-order chi connectivity index (χ0) is 14.8. The van der Waals surface area contributed by atoms with E-state index in [2.05, 4.69) is 9.97 Å². The molecule has 0 aliphatic carbocycles. The van der Waals surface area contributed by atoms with Crippen LogP contribution >= 0.6 is 0 Å². The van der Waals surface area contributed by atoms with E-state index in [0.29, 0.717) is 25.8 Å². The summed E-state index contributed by atoms with van der Waals surface area (Å²) in [6, 6.07) is 0. The first-order valence-electron chi connectivity index (χ1n) is 6.56. The van der Waals surface area contributed by atoms with Crippen LogP contribution < -0.4 is 5.56 Å². The minimum absolute atomic E-state index is 0.127. The number of likely N-dealkylation sites (tertiary alicyclic amines) is 1. The fourth-order valence-corrected chi connectivity index (χ4v) is 2.54. The maximum atomic E-state index is 12.3. The number of nitrogens with zero attached hydrogens (tertiary/aromatic N) is 2. The van der Waals surface area contributed by atoms with E-state index in [1.54, 1.807) is 0 Å². The maximum Gasteiger partial charge on any atom is 0.311 e. The Labute approximate surface area is 115 Å². The summed E-state index contributed by atoms with van der Waals surface area (Å²) in [5.74, 6) is -1.22. The smallest absolute Gasteiger partial charge is 0.311 e. The van der Waals surface area contributed by atoms with Gasteiger partial charge in [0.1, 0.15) is 5.69 Å². The molecule has 0 spiro atoms. The van der Waals surface area contributed by atoms with Crippen molar-refractivity contribution in [3.63, 3.8) is 0 Å². The Balaban J connectivity index is 2.20. The highest BCUT2D eigenvalue weighted by molar-refractivity contribution is 5.92. The standard InChI is InChI=1S/C13H17N3O4/c1-2-13(12(19)20)4-3-5-16(8-13)11(18)9-6-15-10(17)7-14-9/h6-7H,2-5,8H2,1H3,(H,15,17)(H,19,20). The van der Waals surface area contributed by atoms with Crippen molar-refractivity contribution in [2.75, 3.05) is 13.1 Å². The Bertz CT molecular complexity index is 563. The molecule has 2 heterocycles. The summed E-state index contributed by atoms with van der Waals surface area (Å²) >= 11 is 0. The molecule has 1 atom stereocenters. The van der Waals surface area contributed by atoms with Gasteiger partial charge in [0, 0.05) is 19.3 Å². The zero-order valence-electron chi connectivity index (χ0n) is 11.3. The molecule has 0 radical (unpaired) electrons. The first kappa shape index (κ1) is 14.2. The van der Waals surface area contributed by atoms with Crippen molar-refractivity contribution in [1.82, 2.24) is 14.9 Å². The lowest BCUT2D eigenvalue weighted by Crippen LogP contribution is -2.49. The van der Waals surface area contributed by atoms with Crippen molar-refractivity contribution in [2.24, 2.45) is 5.41 Å². The number of aromatic nitrogens is 2. The Morgan fingerprint density at radius 3 is 2.85 bits per heavy atom. The van der Waals surface area contributed by atoms with E-state index >= 15 is 0 Å². The number of carboxylic acid groups (broad SMARTS) is 1. The summed E-state index contributed by atoms with van der Waals surface area (Å²) < 4.78 is 0. The lowest BCUT2D eigenvalue weighted by atomic mass is 9.77. The second-order valence-corrected chi connectivity index (χ2v) is 5.07. The average molecular weight is 279 g/mol. The molecule has 1 aromatic heterocycles. The van der Waals surface area contributed by atoms with E-state index in [9.17, 15) is 19.5 Å². The van der Waals surface area contributed by atoms with Crippen LogP contribution in [0, 0.1) is 5.41 Å². The Hall–Kier alpha value is -2.18. The fraction of sp³-hybridized carbons (Fsp3) is 0.538. The van der Waals surface area contributed by atoms with Gasteiger partial charge in [-0.05, 0) is 19.3 Å². The molecular formula is C13H17N3O4. The van der Waals surface area contributed by atoms with Crippen LogP contribution in [0.3, 0.4) is 0 Å². The number of amides is 1. The minimum atomic E-state index is -0.879. The Kier molecular flexibility index (Phi) is 3.87. The highest BCUT2D eigenvalue weighted by atomic mass is 16.4. The van der Waals surface area contributed by atoms with Crippen LogP contribution in [0.5, 0.6) is 0 Å². The van der Waals surface area contributed by atoms with Crippen LogP contribution in [0.1, 0.15) is 36.7 Å². The number of H-pyrrole nitrogens is 1. The highest BCUT2D eigenvalue weighted by Crippen LogP contribution is 2.34. The summed E-state index contributed by atoms with van der Waals surface area (Å²) in [6.07, 6.45) is 4.00. The summed E-state index contributed by atoms with van der Waals surface area (Å²) in [7, 11) is 0. The van der Waals surface area contributed by atoms with Gasteiger partial charge in [0.25, 0.3) is 11.5 Å². The molecule has 1 aliphatic heterocycles. The molecule has 0 bridgehead atoms. The topological polar surface area (TPSA) is 103 Å². The molecule has 2 rings (SSSR count). The summed E-state index contributed by atoms with van der Waals surface area (Å²) in [6.45, 7) is 2.51. The van der Waals surface area contributed by atoms with Crippen LogP contribution in [-0.2, 0) is 4.79 Å². The molecule has 1 aromatic rings. The van der Waals surface area contributed by atoms with Crippen LogP contribution in [0.25, 0.3) is 0 Å². The number of hydrogen-bond donors (Lipinski definition) is 2. The number of nitrogens with one attached hydrogen (secondary N) is 1. The Morgan fingerprint density at radius 1 is 1.55 bits per heavy atom. The van der Waals surface area contributed by atoms with E-state index in [1.165, 1.54) is 11.1 Å². The molecule has 108 valence electrons. The maximum absolute atomic E-state index is 12.3. The van der Waals surface area contributed by atoms with Crippen molar-refractivity contribution in [3.05, 3.63) is 28.4 Å². The third-order valence-electron chi connectivity index (χ3n) is 3.89. The van der Waals surface area contributed by atoms with Crippen LogP contribution in [0.4, 0.5) is 0 Å². The predicted molar refractivity (Wildman–Crippen MR) is 70.4 cm³/mol. The summed E-state index contributed by atoms with van der Waals surface area (Å²) in [5, 5.41) is 9.39. The SMILES string of the molecule is CCC1(C(=O)O)CCCN(C(=O)c2c[nH]c(=O)cn2)C1. The van der Waals surface area contributed by atoms with Crippen LogP contribution in [0.15, 0.2) is 17.2 Å². The first-order chi connectivity index (χ1) is 9.48. The number of rotatable bonds is 3. The number of aliphatic carboxylic acids is 1. The van der Waals surface area contributed by atoms with Crippen molar-refractivity contribution in [3.8, 4) is 0 Å². The van der Waals surface area contributed by atoms with E-state index in [4.69, 9.17) is 0 Å². The quantitative estimate of drug-likeness (QED) is 0.838. The molecule has 7 nitrogen and oxygen atoms in total. The highest BCUT2D eigenvalue weighted by Gasteiger charge is 2.42. The normalized spacial score (nSPS) is 22.6. The fourth-order valence-electron chi connectivity index (χ4n) is 2.54. The van der Waals surface area contributed by atoms with Gasteiger partial charge in [-0.3, -0.25) is 14.4 Å². The largest absolute Gasteiger partial charge is 0.481 e. The molecule has 0 saturated carbocycles. The van der Waals surface area contributed by atoms with E-state index in [0.717, 1.165) is 6.20 Å². The molecule has 1 aliphatic rings. The predicted octanol–water partition coefficient (Wildman–Crippen LogP) is 0.487. The molecule has 0 aromatic carbocycles. The zero-order valence-corrected chi connectivity index (χ0v) is 11.3. The van der Waals surface area contributed by atoms with Gasteiger partial charge in [-0.15, -0.1) is 0 Å². The van der Waals surface area contributed by atoms with Gasteiger partial charge in [-0.2, -0.15) is 0 Å². The van der Waals surface area contributed by atoms with Crippen LogP contribution in [0.2, 0.25) is 0 Å². The molecule has 1 fully saturated rings. The molecule has 2 N–H and O–H groups in total. The number of carboxylic acids is 1. The van der Waals surface area contributed by atoms with Gasteiger partial charge in [0.15, 0.2) is 0 Å². The number of piperidine rings is 1. The third-order valence-corrected chi connectivity index (χ3v) is 3.89. The molecular weight excluding hydrogens is 262 g/mol. The molecule has 20 heavy (non-hydrogen) atoms. The van der Waals surface area contributed by atoms with Gasteiger partial charge in [-0.25, -0.2) is 4.98 Å². The molecule has 1 amide bonds. The van der Waals surface area contributed by atoms with Gasteiger partial charge in [0.05, 0.1) is 11.6 Å². The minimum Gasteiger partial charge on any atom is -0.481 e. The van der Waals surface area contributed by atoms with E-state index < -0.39 is 11.4 Å². The first-order valence-corrected chi connectivity index (χ1v) is 6.56. The second-order valence-electron chi connectivity index (χ2n) is 5.07. The van der Waals surface area contributed by atoms with Gasteiger partial charge < -0.3 is 15.0 Å². The van der Waals surface area contributed by atoms with Crippen molar-refractivity contribution >= 4 is 11.9 Å². The summed E-state index contributed by atoms with van der Waals surface area (Å²) in [5.41, 5.74) is -1.13. The number of carbonyl (C=O) groups excluding carboxylic acids is 1. The van der Waals surface area contributed by atoms with Gasteiger partial charge in [-0.1, -0.05) is 6.92 Å². The molecule has 7 heteroatoms. The lowest BCUT2D eigenvalue weighted by Gasteiger charge is -2.39.